The molecule has 0 rings (SSSR count). The van der Waals surface area contributed by atoms with Crippen LogP contribution in [0.15, 0.2) is 0 Å². The number of nitrogens with two attached hydrogens (primary N) is 1. The highest BCUT2D eigenvalue weighted by Crippen LogP contribution is 2.19. The van der Waals surface area contributed by atoms with Crippen LogP contribution < -0.4 is 5.73 Å². The maximum Gasteiger partial charge on any atom is 0.490 e. The summed E-state index contributed by atoms with van der Waals surface area (Å²) >= 11 is 0. The molecule has 108 valence electrons. The van der Waals surface area contributed by atoms with Gasteiger partial charge in [0.2, 0.25) is 5.91 Å². The molecule has 6 nitrogen and oxygen atoms in total. The standard InChI is InChI=1S/C6H13NO3S.C2HF3O2/c1-4-6(2,5(7)8)11(3,9)10;3-2(4,5)1(6)7/h4H2,1-3H3,(H2,7,8);(H,6,7). The number of carboxylic acid groups (broad SMARTS) is 1. The number of carboxylic acids is 1. The Morgan fingerprint density at radius 3 is 1.56 bits per heavy atom. The Bertz CT molecular complexity index is 417. The van der Waals surface area contributed by atoms with Crippen molar-refractivity contribution >= 4 is 21.7 Å². The molecule has 0 aliphatic heterocycles. The van der Waals surface area contributed by atoms with Gasteiger partial charge in [0.25, 0.3) is 0 Å². The molecular formula is C8H14F3NO5S. The van der Waals surface area contributed by atoms with Crippen LogP contribution >= 0.6 is 0 Å². The molecule has 1 amide bonds. The van der Waals surface area contributed by atoms with Gasteiger partial charge in [0, 0.05) is 6.26 Å². The summed E-state index contributed by atoms with van der Waals surface area (Å²) in [6.07, 6.45) is -3.86. The maximum atomic E-state index is 11.0. The molecule has 0 spiro atoms. The number of carbonyl (C=O) groups excluding carboxylic acids is 1. The van der Waals surface area contributed by atoms with E-state index in [0.717, 1.165) is 6.26 Å². The van der Waals surface area contributed by atoms with Crippen molar-refractivity contribution in [3.05, 3.63) is 0 Å². The lowest BCUT2D eigenvalue weighted by atomic mass is 10.1. The second kappa shape index (κ2) is 6.03. The molecule has 0 radical (unpaired) electrons. The number of hydrogen-bond acceptors (Lipinski definition) is 4. The molecule has 0 heterocycles. The van der Waals surface area contributed by atoms with E-state index in [0.29, 0.717) is 0 Å². The van der Waals surface area contributed by atoms with Gasteiger partial charge < -0.3 is 10.8 Å². The lowest BCUT2D eigenvalue weighted by molar-refractivity contribution is -0.192. The normalized spacial score (nSPS) is 15.0. The summed E-state index contributed by atoms with van der Waals surface area (Å²) in [5.74, 6) is -3.55. The number of hydrogen-bond donors (Lipinski definition) is 2. The highest BCUT2D eigenvalue weighted by Gasteiger charge is 2.39. The molecule has 18 heavy (non-hydrogen) atoms. The third kappa shape index (κ3) is 5.34. The quantitative estimate of drug-likeness (QED) is 0.777. The summed E-state index contributed by atoms with van der Waals surface area (Å²) in [6.45, 7) is 2.95. The van der Waals surface area contributed by atoms with Gasteiger partial charge >= 0.3 is 12.1 Å². The minimum Gasteiger partial charge on any atom is -0.475 e. The number of aliphatic carboxylic acids is 1. The second-order valence-electron chi connectivity index (χ2n) is 3.52. The van der Waals surface area contributed by atoms with E-state index < -0.39 is 32.6 Å². The van der Waals surface area contributed by atoms with Crippen LogP contribution in [0.3, 0.4) is 0 Å². The van der Waals surface area contributed by atoms with Gasteiger partial charge in [-0.1, -0.05) is 6.92 Å². The van der Waals surface area contributed by atoms with E-state index in [2.05, 4.69) is 0 Å². The molecule has 0 aromatic carbocycles. The Balaban J connectivity index is 0. The third-order valence-electron chi connectivity index (χ3n) is 2.26. The number of carbonyl (C=O) groups is 2. The van der Waals surface area contributed by atoms with Crippen molar-refractivity contribution in [2.24, 2.45) is 5.73 Å². The average molecular weight is 293 g/mol. The Hall–Kier alpha value is -1.32. The predicted octanol–water partition coefficient (Wildman–Crippen LogP) is 0.318. The summed E-state index contributed by atoms with van der Waals surface area (Å²) in [7, 11) is -3.39. The first kappa shape index (κ1) is 19.0. The van der Waals surface area contributed by atoms with Gasteiger partial charge in [-0.3, -0.25) is 4.79 Å². The zero-order valence-electron chi connectivity index (χ0n) is 9.91. The van der Waals surface area contributed by atoms with Gasteiger partial charge in [-0.2, -0.15) is 13.2 Å². The third-order valence-corrected chi connectivity index (χ3v) is 4.38. The molecular weight excluding hydrogens is 279 g/mol. The van der Waals surface area contributed by atoms with Crippen LogP contribution in [0.2, 0.25) is 0 Å². The SMILES string of the molecule is CCC(C)(C(N)=O)S(C)(=O)=O.O=C(O)C(F)(F)F. The fraction of sp³-hybridized carbons (Fsp3) is 0.750. The molecule has 1 atom stereocenters. The summed E-state index contributed by atoms with van der Waals surface area (Å²) in [5.41, 5.74) is 4.95. The van der Waals surface area contributed by atoms with Crippen molar-refractivity contribution in [3.63, 3.8) is 0 Å². The lowest BCUT2D eigenvalue weighted by Gasteiger charge is -2.21. The van der Waals surface area contributed by atoms with E-state index in [1.807, 2.05) is 0 Å². The van der Waals surface area contributed by atoms with Crippen LogP contribution in [0, 0.1) is 0 Å². The smallest absolute Gasteiger partial charge is 0.475 e. The maximum absolute atomic E-state index is 11.0. The molecule has 0 bridgehead atoms. The van der Waals surface area contributed by atoms with Crippen molar-refractivity contribution < 1.29 is 36.3 Å². The second-order valence-corrected chi connectivity index (χ2v) is 5.97. The fourth-order valence-corrected chi connectivity index (χ4v) is 1.51. The zero-order valence-corrected chi connectivity index (χ0v) is 10.7. The molecule has 0 aliphatic rings. The van der Waals surface area contributed by atoms with Crippen LogP contribution in [-0.2, 0) is 19.4 Å². The van der Waals surface area contributed by atoms with Crippen molar-refractivity contribution in [3.8, 4) is 0 Å². The predicted molar refractivity (Wildman–Crippen MR) is 56.4 cm³/mol. The van der Waals surface area contributed by atoms with E-state index in [9.17, 15) is 26.4 Å². The monoisotopic (exact) mass is 293 g/mol. The van der Waals surface area contributed by atoms with Crippen molar-refractivity contribution in [1.82, 2.24) is 0 Å². The summed E-state index contributed by atoms with van der Waals surface area (Å²) in [6, 6.07) is 0. The zero-order chi connectivity index (χ0) is 15.4. The van der Waals surface area contributed by atoms with E-state index in [1.165, 1.54) is 6.92 Å². The molecule has 1 unspecified atom stereocenters. The van der Waals surface area contributed by atoms with E-state index >= 15 is 0 Å². The number of primary amides is 1. The highest BCUT2D eigenvalue weighted by molar-refractivity contribution is 7.92. The molecule has 0 aliphatic carbocycles. The van der Waals surface area contributed by atoms with Gasteiger partial charge in [0.05, 0.1) is 0 Å². The largest absolute Gasteiger partial charge is 0.490 e. The van der Waals surface area contributed by atoms with Crippen molar-refractivity contribution in [2.45, 2.75) is 31.2 Å². The molecule has 0 aromatic rings. The van der Waals surface area contributed by atoms with Gasteiger partial charge in [0.1, 0.15) is 4.75 Å². The number of sulfone groups is 1. The molecule has 0 saturated heterocycles. The number of halogens is 3. The van der Waals surface area contributed by atoms with Gasteiger partial charge in [-0.05, 0) is 13.3 Å². The van der Waals surface area contributed by atoms with E-state index in [4.69, 9.17) is 15.6 Å². The minimum absolute atomic E-state index is 0.209. The van der Waals surface area contributed by atoms with Crippen LogP contribution in [0.25, 0.3) is 0 Å². The number of amides is 1. The summed E-state index contributed by atoms with van der Waals surface area (Å²) < 4.78 is 52.4. The molecule has 10 heteroatoms. The Labute approximate surface area is 102 Å². The Kier molecular flexibility index (Phi) is 6.37. The lowest BCUT2D eigenvalue weighted by Crippen LogP contribution is -2.46. The molecule has 0 aromatic heterocycles. The number of rotatable bonds is 3. The van der Waals surface area contributed by atoms with Gasteiger partial charge in [0.15, 0.2) is 9.84 Å². The van der Waals surface area contributed by atoms with Gasteiger partial charge in [-0.15, -0.1) is 0 Å². The van der Waals surface area contributed by atoms with E-state index in [1.54, 1.807) is 6.92 Å². The minimum atomic E-state index is -5.08. The average Bonchev–Trinajstić information content (AvgIpc) is 2.13. The Morgan fingerprint density at radius 1 is 1.28 bits per heavy atom. The molecule has 3 N–H and O–H groups in total. The fourth-order valence-electron chi connectivity index (χ4n) is 0.619. The summed E-state index contributed by atoms with van der Waals surface area (Å²) in [4.78, 5) is 19.6. The van der Waals surface area contributed by atoms with Gasteiger partial charge in [-0.25, -0.2) is 13.2 Å². The number of alkyl halides is 3. The van der Waals surface area contributed by atoms with Crippen LogP contribution in [-0.4, -0.2) is 42.6 Å². The van der Waals surface area contributed by atoms with Crippen LogP contribution in [0.1, 0.15) is 20.3 Å². The van der Waals surface area contributed by atoms with Crippen molar-refractivity contribution in [2.75, 3.05) is 6.26 Å². The van der Waals surface area contributed by atoms with E-state index in [-0.39, 0.29) is 6.42 Å². The Morgan fingerprint density at radius 2 is 1.56 bits per heavy atom. The van der Waals surface area contributed by atoms with Crippen LogP contribution in [0.4, 0.5) is 13.2 Å². The first-order chi connectivity index (χ1) is 7.70. The highest BCUT2D eigenvalue weighted by atomic mass is 32.2. The molecule has 0 saturated carbocycles. The topological polar surface area (TPSA) is 115 Å². The first-order valence-corrected chi connectivity index (χ1v) is 6.39. The molecule has 0 fully saturated rings. The van der Waals surface area contributed by atoms with Crippen LogP contribution in [0.5, 0.6) is 0 Å². The van der Waals surface area contributed by atoms with Crippen molar-refractivity contribution in [1.29, 1.82) is 0 Å². The summed E-state index contributed by atoms with van der Waals surface area (Å²) in [5, 5.41) is 7.12. The first-order valence-electron chi connectivity index (χ1n) is 4.49.